The molecule has 2 aromatic heterocycles. The normalized spacial score (nSPS) is 11.1. The fourth-order valence-corrected chi connectivity index (χ4v) is 3.21. The van der Waals surface area contributed by atoms with Gasteiger partial charge in [0.15, 0.2) is 5.82 Å². The van der Waals surface area contributed by atoms with Gasteiger partial charge in [0.05, 0.1) is 5.52 Å². The van der Waals surface area contributed by atoms with Gasteiger partial charge in [-0.3, -0.25) is 0 Å². The summed E-state index contributed by atoms with van der Waals surface area (Å²) in [6.07, 6.45) is 1.95. The molecule has 2 heterocycles. The Hall–Kier alpha value is -3.66. The minimum absolute atomic E-state index is 0.716. The fourth-order valence-electron chi connectivity index (χ4n) is 3.21. The first-order valence-corrected chi connectivity index (χ1v) is 8.54. The van der Waals surface area contributed by atoms with E-state index in [0.29, 0.717) is 5.82 Å². The second kappa shape index (κ2) is 6.01. The third kappa shape index (κ3) is 2.48. The lowest BCUT2D eigenvalue weighted by Gasteiger charge is -2.12. The van der Waals surface area contributed by atoms with Gasteiger partial charge in [0.2, 0.25) is 0 Å². The summed E-state index contributed by atoms with van der Waals surface area (Å²) in [5.74, 6) is 1.52. The number of hydrogen-bond acceptors (Lipinski definition) is 3. The van der Waals surface area contributed by atoms with E-state index < -0.39 is 0 Å². The maximum absolute atomic E-state index is 4.83. The molecule has 4 heteroatoms. The first-order valence-electron chi connectivity index (χ1n) is 8.54. The molecule has 0 bridgehead atoms. The van der Waals surface area contributed by atoms with E-state index >= 15 is 0 Å². The number of hydrogen-bond donors (Lipinski definition) is 2. The van der Waals surface area contributed by atoms with Crippen LogP contribution < -0.4 is 5.32 Å². The Labute approximate surface area is 150 Å². The molecule has 0 atom stereocenters. The van der Waals surface area contributed by atoms with Crippen molar-refractivity contribution in [2.45, 2.75) is 0 Å². The van der Waals surface area contributed by atoms with Crippen LogP contribution in [0.4, 0.5) is 11.5 Å². The van der Waals surface area contributed by atoms with E-state index in [-0.39, 0.29) is 0 Å². The van der Waals surface area contributed by atoms with E-state index in [1.165, 1.54) is 0 Å². The minimum atomic E-state index is 0.716. The predicted octanol–water partition coefficient (Wildman–Crippen LogP) is 5.52. The van der Waals surface area contributed by atoms with Crippen LogP contribution in [0.25, 0.3) is 33.2 Å². The number of para-hydroxylation sites is 1. The lowest BCUT2D eigenvalue weighted by atomic mass is 10.1. The molecular formula is C22H16N4. The number of benzene rings is 3. The number of H-pyrrole nitrogens is 1. The molecule has 0 fully saturated rings. The number of aromatic nitrogens is 3. The molecule has 5 rings (SSSR count). The topological polar surface area (TPSA) is 53.6 Å². The summed E-state index contributed by atoms with van der Waals surface area (Å²) in [6, 6.07) is 26.4. The zero-order valence-corrected chi connectivity index (χ0v) is 14.0. The molecule has 2 N–H and O–H groups in total. The van der Waals surface area contributed by atoms with Crippen molar-refractivity contribution in [1.29, 1.82) is 0 Å². The Morgan fingerprint density at radius 3 is 2.46 bits per heavy atom. The molecule has 0 saturated carbocycles. The molecule has 3 aromatic carbocycles. The Kier molecular flexibility index (Phi) is 3.39. The Bertz CT molecular complexity index is 1210. The summed E-state index contributed by atoms with van der Waals surface area (Å²) in [4.78, 5) is 12.8. The zero-order chi connectivity index (χ0) is 17.3. The second-order valence-electron chi connectivity index (χ2n) is 6.15. The number of anilines is 2. The third-order valence-corrected chi connectivity index (χ3v) is 4.48. The van der Waals surface area contributed by atoms with Crippen molar-refractivity contribution in [2.24, 2.45) is 0 Å². The molecule has 0 unspecified atom stereocenters. The van der Waals surface area contributed by atoms with E-state index in [1.54, 1.807) is 0 Å². The molecule has 0 amide bonds. The molecule has 5 aromatic rings. The summed E-state index contributed by atoms with van der Waals surface area (Å²) >= 11 is 0. The van der Waals surface area contributed by atoms with Gasteiger partial charge in [-0.1, -0.05) is 48.5 Å². The van der Waals surface area contributed by atoms with Crippen molar-refractivity contribution < 1.29 is 0 Å². The maximum atomic E-state index is 4.83. The van der Waals surface area contributed by atoms with Crippen molar-refractivity contribution in [2.75, 3.05) is 5.32 Å². The van der Waals surface area contributed by atoms with Crippen molar-refractivity contribution in [1.82, 2.24) is 15.0 Å². The molecule has 0 aliphatic heterocycles. The van der Waals surface area contributed by atoms with Crippen LogP contribution in [0, 0.1) is 0 Å². The summed E-state index contributed by atoms with van der Waals surface area (Å²) in [7, 11) is 0. The van der Waals surface area contributed by atoms with Gasteiger partial charge < -0.3 is 10.3 Å². The van der Waals surface area contributed by atoms with Crippen molar-refractivity contribution in [3.8, 4) is 11.4 Å². The number of fused-ring (bicyclic) bond motifs is 2. The highest BCUT2D eigenvalue weighted by atomic mass is 15.0. The predicted molar refractivity (Wildman–Crippen MR) is 107 cm³/mol. The van der Waals surface area contributed by atoms with E-state index in [4.69, 9.17) is 9.97 Å². The van der Waals surface area contributed by atoms with Crippen molar-refractivity contribution >= 4 is 33.3 Å². The summed E-state index contributed by atoms with van der Waals surface area (Å²) in [5, 5.41) is 5.65. The molecule has 0 radical (unpaired) electrons. The molecule has 26 heavy (non-hydrogen) atoms. The number of nitrogens with zero attached hydrogens (tertiary/aromatic N) is 2. The smallest absolute Gasteiger partial charge is 0.162 e. The zero-order valence-electron chi connectivity index (χ0n) is 14.0. The minimum Gasteiger partial charge on any atom is -0.361 e. The highest BCUT2D eigenvalue weighted by molar-refractivity contribution is 5.98. The van der Waals surface area contributed by atoms with Crippen LogP contribution in [0.15, 0.2) is 85.1 Å². The van der Waals surface area contributed by atoms with Gasteiger partial charge in [-0.05, 0) is 30.3 Å². The van der Waals surface area contributed by atoms with Gasteiger partial charge in [-0.25, -0.2) is 9.97 Å². The standard InChI is InChI=1S/C22H16N4/c1-2-7-15(8-3-1)21-24-20-10-5-4-9-17(20)22(26-21)25-19-12-6-11-18-16(19)13-14-23-18/h1-14,23H,(H,24,25,26). The molecule has 0 spiro atoms. The number of rotatable bonds is 3. The Morgan fingerprint density at radius 2 is 1.54 bits per heavy atom. The molecule has 4 nitrogen and oxygen atoms in total. The van der Waals surface area contributed by atoms with Crippen LogP contribution >= 0.6 is 0 Å². The lowest BCUT2D eigenvalue weighted by molar-refractivity contribution is 1.22. The van der Waals surface area contributed by atoms with Gasteiger partial charge in [0.25, 0.3) is 0 Å². The molecule has 0 saturated heterocycles. The van der Waals surface area contributed by atoms with E-state index in [0.717, 1.165) is 38.9 Å². The van der Waals surface area contributed by atoms with Crippen molar-refractivity contribution in [3.63, 3.8) is 0 Å². The van der Waals surface area contributed by atoms with Crippen LogP contribution in [-0.2, 0) is 0 Å². The lowest BCUT2D eigenvalue weighted by Crippen LogP contribution is -1.99. The van der Waals surface area contributed by atoms with E-state index in [1.807, 2.05) is 66.9 Å². The highest BCUT2D eigenvalue weighted by Gasteiger charge is 2.10. The second-order valence-corrected chi connectivity index (χ2v) is 6.15. The molecule has 0 aliphatic rings. The van der Waals surface area contributed by atoms with Crippen LogP contribution in [0.5, 0.6) is 0 Å². The van der Waals surface area contributed by atoms with Gasteiger partial charge >= 0.3 is 0 Å². The Balaban J connectivity index is 1.70. The SMILES string of the molecule is c1ccc(-c2nc(Nc3cccc4[nH]ccc34)c3ccccc3n2)cc1. The molecule has 0 aliphatic carbocycles. The monoisotopic (exact) mass is 336 g/mol. The van der Waals surface area contributed by atoms with Crippen LogP contribution in [0.2, 0.25) is 0 Å². The molecular weight excluding hydrogens is 320 g/mol. The fraction of sp³-hybridized carbons (Fsp3) is 0. The summed E-state index contributed by atoms with van der Waals surface area (Å²) < 4.78 is 0. The first kappa shape index (κ1) is 14.7. The third-order valence-electron chi connectivity index (χ3n) is 4.48. The Morgan fingerprint density at radius 1 is 0.692 bits per heavy atom. The van der Waals surface area contributed by atoms with Crippen LogP contribution in [0.1, 0.15) is 0 Å². The van der Waals surface area contributed by atoms with Gasteiger partial charge in [0, 0.05) is 33.7 Å². The maximum Gasteiger partial charge on any atom is 0.162 e. The average molecular weight is 336 g/mol. The molecule has 124 valence electrons. The summed E-state index contributed by atoms with van der Waals surface area (Å²) in [6.45, 7) is 0. The van der Waals surface area contributed by atoms with E-state index in [2.05, 4.69) is 28.5 Å². The van der Waals surface area contributed by atoms with Gasteiger partial charge in [-0.2, -0.15) is 0 Å². The van der Waals surface area contributed by atoms with Gasteiger partial charge in [-0.15, -0.1) is 0 Å². The number of nitrogens with one attached hydrogen (secondary N) is 2. The van der Waals surface area contributed by atoms with Crippen molar-refractivity contribution in [3.05, 3.63) is 85.1 Å². The first-order chi connectivity index (χ1) is 12.9. The van der Waals surface area contributed by atoms with Gasteiger partial charge in [0.1, 0.15) is 5.82 Å². The van der Waals surface area contributed by atoms with Crippen LogP contribution in [-0.4, -0.2) is 15.0 Å². The average Bonchev–Trinajstić information content (AvgIpc) is 3.18. The van der Waals surface area contributed by atoms with Crippen LogP contribution in [0.3, 0.4) is 0 Å². The highest BCUT2D eigenvalue weighted by Crippen LogP contribution is 2.30. The largest absolute Gasteiger partial charge is 0.361 e. The quantitative estimate of drug-likeness (QED) is 0.456. The van der Waals surface area contributed by atoms with E-state index in [9.17, 15) is 0 Å². The number of aromatic amines is 1. The summed E-state index contributed by atoms with van der Waals surface area (Å²) in [5.41, 5.74) is 4.04.